The molecule has 0 aromatic heterocycles. The number of hydrogen-bond donors (Lipinski definition) is 0. The number of piperazine rings is 1. The lowest BCUT2D eigenvalue weighted by Crippen LogP contribution is -2.53. The van der Waals surface area contributed by atoms with Gasteiger partial charge in [-0.05, 0) is 24.0 Å². The molecule has 2 aromatic carbocycles. The lowest BCUT2D eigenvalue weighted by Gasteiger charge is -2.36. The Morgan fingerprint density at radius 1 is 0.900 bits per heavy atom. The first-order valence-electron chi connectivity index (χ1n) is 10.6. The predicted octanol–water partition coefficient (Wildman–Crippen LogP) is 2.64. The fourth-order valence-corrected chi connectivity index (χ4v) is 4.04. The van der Waals surface area contributed by atoms with Crippen molar-refractivity contribution >= 4 is 11.8 Å². The first-order valence-corrected chi connectivity index (χ1v) is 10.6. The van der Waals surface area contributed by atoms with E-state index in [4.69, 9.17) is 9.47 Å². The van der Waals surface area contributed by atoms with Gasteiger partial charge in [-0.2, -0.15) is 0 Å². The zero-order chi connectivity index (χ0) is 20.8. The Labute approximate surface area is 177 Å². The first-order chi connectivity index (χ1) is 14.7. The summed E-state index contributed by atoms with van der Waals surface area (Å²) in [4.78, 5) is 28.9. The first kappa shape index (κ1) is 20.6. The number of carbonyl (C=O) groups is 2. The van der Waals surface area contributed by atoms with Crippen LogP contribution in [-0.2, 0) is 19.1 Å². The van der Waals surface area contributed by atoms with Crippen molar-refractivity contribution in [2.45, 2.75) is 25.0 Å². The fourth-order valence-electron chi connectivity index (χ4n) is 4.04. The second kappa shape index (κ2) is 9.87. The van der Waals surface area contributed by atoms with Gasteiger partial charge in [-0.1, -0.05) is 60.7 Å². The van der Waals surface area contributed by atoms with E-state index >= 15 is 0 Å². The summed E-state index contributed by atoms with van der Waals surface area (Å²) in [6.45, 7) is 2.82. The molecule has 6 heteroatoms. The third kappa shape index (κ3) is 4.89. The molecule has 0 saturated carbocycles. The molecule has 2 heterocycles. The van der Waals surface area contributed by atoms with Crippen molar-refractivity contribution in [3.05, 3.63) is 71.8 Å². The van der Waals surface area contributed by atoms with Crippen LogP contribution < -0.4 is 0 Å². The average molecular weight is 408 g/mol. The molecule has 0 spiro atoms. The Morgan fingerprint density at radius 2 is 1.47 bits per heavy atom. The number of benzene rings is 2. The van der Waals surface area contributed by atoms with Crippen LogP contribution in [0.25, 0.3) is 0 Å². The van der Waals surface area contributed by atoms with Gasteiger partial charge in [0.25, 0.3) is 5.91 Å². The Balaban J connectivity index is 1.32. The van der Waals surface area contributed by atoms with Crippen molar-refractivity contribution in [2.75, 3.05) is 39.4 Å². The van der Waals surface area contributed by atoms with Gasteiger partial charge in [-0.3, -0.25) is 9.59 Å². The molecule has 2 fully saturated rings. The fraction of sp³-hybridized carbons (Fsp3) is 0.417. The van der Waals surface area contributed by atoms with Crippen molar-refractivity contribution < 1.29 is 19.1 Å². The molecule has 4 rings (SSSR count). The van der Waals surface area contributed by atoms with Crippen molar-refractivity contribution in [3.63, 3.8) is 0 Å². The normalized spacial score (nSPS) is 19.3. The number of hydrogen-bond acceptors (Lipinski definition) is 4. The van der Waals surface area contributed by atoms with E-state index in [1.165, 1.54) is 0 Å². The Hall–Kier alpha value is -2.70. The third-order valence-corrected chi connectivity index (χ3v) is 5.73. The molecule has 30 heavy (non-hydrogen) atoms. The summed E-state index contributed by atoms with van der Waals surface area (Å²) in [7, 11) is 0. The van der Waals surface area contributed by atoms with Crippen LogP contribution in [0.4, 0.5) is 0 Å². The van der Waals surface area contributed by atoms with E-state index in [9.17, 15) is 9.59 Å². The predicted molar refractivity (Wildman–Crippen MR) is 113 cm³/mol. The van der Waals surface area contributed by atoms with Crippen molar-refractivity contribution in [1.82, 2.24) is 9.80 Å². The van der Waals surface area contributed by atoms with E-state index < -0.39 is 0 Å². The van der Waals surface area contributed by atoms with Crippen LogP contribution in [0.3, 0.4) is 0 Å². The van der Waals surface area contributed by atoms with E-state index in [2.05, 4.69) is 0 Å². The smallest absolute Gasteiger partial charge is 0.251 e. The van der Waals surface area contributed by atoms with Gasteiger partial charge < -0.3 is 19.3 Å². The summed E-state index contributed by atoms with van der Waals surface area (Å²) in [5.41, 5.74) is 2.03. The molecule has 2 aliphatic heterocycles. The quantitative estimate of drug-likeness (QED) is 0.737. The van der Waals surface area contributed by atoms with Crippen LogP contribution in [-0.4, -0.2) is 67.1 Å². The van der Waals surface area contributed by atoms with Crippen LogP contribution in [0.5, 0.6) is 0 Å². The minimum Gasteiger partial charge on any atom is -0.368 e. The van der Waals surface area contributed by atoms with E-state index in [0.717, 1.165) is 24.0 Å². The number of rotatable bonds is 6. The van der Waals surface area contributed by atoms with Crippen LogP contribution >= 0.6 is 0 Å². The van der Waals surface area contributed by atoms with Crippen molar-refractivity contribution in [2.24, 2.45) is 0 Å². The maximum atomic E-state index is 12.8. The molecule has 0 radical (unpaired) electrons. The largest absolute Gasteiger partial charge is 0.368 e. The van der Waals surface area contributed by atoms with E-state index in [0.29, 0.717) is 32.8 Å². The topological polar surface area (TPSA) is 59.1 Å². The Bertz CT molecular complexity index is 789. The summed E-state index contributed by atoms with van der Waals surface area (Å²) >= 11 is 0. The van der Waals surface area contributed by atoms with Gasteiger partial charge >= 0.3 is 0 Å². The zero-order valence-corrected chi connectivity index (χ0v) is 17.1. The lowest BCUT2D eigenvalue weighted by atomic mass is 10.0. The molecule has 6 nitrogen and oxygen atoms in total. The van der Waals surface area contributed by atoms with Gasteiger partial charge in [0.1, 0.15) is 18.8 Å². The third-order valence-electron chi connectivity index (χ3n) is 5.73. The van der Waals surface area contributed by atoms with Crippen LogP contribution in [0, 0.1) is 0 Å². The van der Waals surface area contributed by atoms with Crippen LogP contribution in [0.1, 0.15) is 30.1 Å². The van der Waals surface area contributed by atoms with Crippen LogP contribution in [0.15, 0.2) is 60.7 Å². The molecule has 2 saturated heterocycles. The number of amides is 2. The molecule has 2 amide bonds. The van der Waals surface area contributed by atoms with Gasteiger partial charge in [0.15, 0.2) is 0 Å². The highest BCUT2D eigenvalue weighted by molar-refractivity contribution is 5.82. The van der Waals surface area contributed by atoms with Gasteiger partial charge in [0.05, 0.1) is 0 Å². The molecule has 0 bridgehead atoms. The highest BCUT2D eigenvalue weighted by Crippen LogP contribution is 2.26. The maximum Gasteiger partial charge on any atom is 0.251 e. The minimum atomic E-state index is -0.298. The summed E-state index contributed by atoms with van der Waals surface area (Å²) in [6, 6.07) is 19.9. The standard InChI is InChI=1S/C24H28N2O4/c27-22(25-13-15-26(16-14-25)24(28)21-12-7-17-29-21)18-30-23(19-8-3-1-4-9-19)20-10-5-2-6-11-20/h1-6,8-11,21,23H,7,12-18H2/t21-/m1/s1. The number of nitrogens with zero attached hydrogens (tertiary/aromatic N) is 2. The summed E-state index contributed by atoms with van der Waals surface area (Å²) in [5, 5.41) is 0. The summed E-state index contributed by atoms with van der Waals surface area (Å²) < 4.78 is 11.6. The van der Waals surface area contributed by atoms with Gasteiger partial charge in [-0.25, -0.2) is 0 Å². The lowest BCUT2D eigenvalue weighted by molar-refractivity contribution is -0.147. The highest BCUT2D eigenvalue weighted by atomic mass is 16.5. The van der Waals surface area contributed by atoms with E-state index in [1.54, 1.807) is 4.90 Å². The highest BCUT2D eigenvalue weighted by Gasteiger charge is 2.31. The number of ether oxygens (including phenoxy) is 2. The number of carbonyl (C=O) groups excluding carboxylic acids is 2. The van der Waals surface area contributed by atoms with Crippen LogP contribution in [0.2, 0.25) is 0 Å². The Kier molecular flexibility index (Phi) is 6.77. The average Bonchev–Trinajstić information content (AvgIpc) is 3.35. The van der Waals surface area contributed by atoms with Gasteiger partial charge in [0, 0.05) is 32.8 Å². The molecular formula is C24H28N2O4. The maximum absolute atomic E-state index is 12.8. The molecule has 0 unspecified atom stereocenters. The zero-order valence-electron chi connectivity index (χ0n) is 17.1. The van der Waals surface area contributed by atoms with E-state index in [-0.39, 0.29) is 30.6 Å². The molecule has 158 valence electrons. The molecule has 1 atom stereocenters. The summed E-state index contributed by atoms with van der Waals surface area (Å²) in [6.07, 6.45) is 1.15. The SMILES string of the molecule is O=C(COC(c1ccccc1)c1ccccc1)N1CCN(C(=O)[C@H]2CCCO2)CC1. The van der Waals surface area contributed by atoms with Crippen molar-refractivity contribution in [3.8, 4) is 0 Å². The van der Waals surface area contributed by atoms with E-state index in [1.807, 2.05) is 65.6 Å². The second-order valence-corrected chi connectivity index (χ2v) is 7.72. The molecule has 0 aliphatic carbocycles. The molecule has 2 aromatic rings. The minimum absolute atomic E-state index is 0.00807. The monoisotopic (exact) mass is 408 g/mol. The molecular weight excluding hydrogens is 380 g/mol. The van der Waals surface area contributed by atoms with Gasteiger partial charge in [0.2, 0.25) is 5.91 Å². The summed E-state index contributed by atoms with van der Waals surface area (Å²) in [5.74, 6) is 0.0140. The second-order valence-electron chi connectivity index (χ2n) is 7.72. The Morgan fingerprint density at radius 3 is 2.00 bits per heavy atom. The molecule has 2 aliphatic rings. The van der Waals surface area contributed by atoms with Gasteiger partial charge in [-0.15, -0.1) is 0 Å². The van der Waals surface area contributed by atoms with Crippen molar-refractivity contribution in [1.29, 1.82) is 0 Å². The molecule has 0 N–H and O–H groups in total.